The zero-order chi connectivity index (χ0) is 35.1. The lowest BCUT2D eigenvalue weighted by atomic mass is 9.96. The Morgan fingerprint density at radius 1 is 0.283 bits per heavy atom. The molecule has 0 fully saturated rings. The van der Waals surface area contributed by atoms with E-state index < -0.39 is 0 Å². The van der Waals surface area contributed by atoms with E-state index in [1.54, 1.807) is 0 Å². The van der Waals surface area contributed by atoms with E-state index in [1.165, 1.54) is 16.3 Å². The van der Waals surface area contributed by atoms with E-state index in [9.17, 15) is 0 Å². The Labute approximate surface area is 306 Å². The van der Waals surface area contributed by atoms with E-state index in [1.807, 2.05) is 42.5 Å². The number of rotatable bonds is 6. The molecule has 0 atom stereocenters. The number of furan rings is 1. The third-order valence-corrected chi connectivity index (χ3v) is 9.90. The van der Waals surface area contributed by atoms with Gasteiger partial charge >= 0.3 is 0 Å². The summed E-state index contributed by atoms with van der Waals surface area (Å²) < 4.78 is 6.48. The molecule has 0 saturated carbocycles. The molecule has 0 saturated heterocycles. The molecule has 248 valence electrons. The van der Waals surface area contributed by atoms with Crippen LogP contribution < -0.4 is 0 Å². The molecule has 4 nitrogen and oxygen atoms in total. The normalized spacial score (nSPS) is 11.4. The molecule has 0 N–H and O–H groups in total. The summed E-state index contributed by atoms with van der Waals surface area (Å²) >= 11 is 0. The summed E-state index contributed by atoms with van der Waals surface area (Å²) in [4.78, 5) is 15.3. The summed E-state index contributed by atoms with van der Waals surface area (Å²) in [5.41, 5.74) is 11.1. The van der Waals surface area contributed by atoms with Crippen molar-refractivity contribution in [3.8, 4) is 67.5 Å². The predicted octanol–water partition coefficient (Wildman–Crippen LogP) is 12.9. The summed E-state index contributed by atoms with van der Waals surface area (Å²) in [5, 5.41) is 4.58. The Bertz CT molecular complexity index is 2870. The van der Waals surface area contributed by atoms with E-state index in [0.717, 1.165) is 66.4 Å². The van der Waals surface area contributed by atoms with Crippen LogP contribution in [-0.4, -0.2) is 15.0 Å². The second-order valence-corrected chi connectivity index (χ2v) is 13.3. The maximum absolute atomic E-state index is 6.48. The lowest BCUT2D eigenvalue weighted by molar-refractivity contribution is 0.669. The van der Waals surface area contributed by atoms with Crippen LogP contribution in [0, 0.1) is 0 Å². The molecule has 0 radical (unpaired) electrons. The van der Waals surface area contributed by atoms with Crippen LogP contribution in [0.2, 0.25) is 0 Å². The number of hydrogen-bond acceptors (Lipinski definition) is 4. The van der Waals surface area contributed by atoms with Gasteiger partial charge in [-0.05, 0) is 86.6 Å². The number of benzene rings is 8. The van der Waals surface area contributed by atoms with Crippen LogP contribution in [0.5, 0.6) is 0 Å². The lowest BCUT2D eigenvalue weighted by Crippen LogP contribution is -2.00. The molecule has 0 spiro atoms. The van der Waals surface area contributed by atoms with Gasteiger partial charge < -0.3 is 4.42 Å². The summed E-state index contributed by atoms with van der Waals surface area (Å²) in [5.74, 6) is 1.80. The molecule has 2 aromatic heterocycles. The minimum atomic E-state index is 0.582. The second kappa shape index (κ2) is 12.9. The SMILES string of the molecule is c1ccc(-c2cc(-c3ccccc3)cc(-c3nc(-c4ccccc4)nc(-c4ccc5c(c4)oc4ccc(-c6cccc7ccccc67)cc45)n3)c2)cc1. The van der Waals surface area contributed by atoms with Crippen molar-refractivity contribution in [1.29, 1.82) is 0 Å². The van der Waals surface area contributed by atoms with E-state index in [2.05, 4.69) is 146 Å². The molecule has 0 unspecified atom stereocenters. The fourth-order valence-corrected chi connectivity index (χ4v) is 7.26. The van der Waals surface area contributed by atoms with Crippen molar-refractivity contribution in [2.45, 2.75) is 0 Å². The highest BCUT2D eigenvalue weighted by Gasteiger charge is 2.17. The molecule has 0 bridgehead atoms. The quantitative estimate of drug-likeness (QED) is 0.176. The van der Waals surface area contributed by atoms with Gasteiger partial charge in [-0.2, -0.15) is 0 Å². The van der Waals surface area contributed by atoms with E-state index in [0.29, 0.717) is 17.5 Å². The molecule has 0 aliphatic heterocycles. The highest BCUT2D eigenvalue weighted by atomic mass is 16.3. The largest absolute Gasteiger partial charge is 0.456 e. The van der Waals surface area contributed by atoms with E-state index in [-0.39, 0.29) is 0 Å². The van der Waals surface area contributed by atoms with Gasteiger partial charge in [0, 0.05) is 27.5 Å². The zero-order valence-electron chi connectivity index (χ0n) is 28.6. The molecular weight excluding hydrogens is 647 g/mol. The molecule has 10 aromatic rings. The highest BCUT2D eigenvalue weighted by molar-refractivity contribution is 6.08. The number of hydrogen-bond donors (Lipinski definition) is 0. The van der Waals surface area contributed by atoms with Crippen molar-refractivity contribution in [2.24, 2.45) is 0 Å². The first kappa shape index (κ1) is 30.6. The first-order chi connectivity index (χ1) is 26.2. The molecule has 0 aliphatic rings. The Morgan fingerprint density at radius 3 is 1.53 bits per heavy atom. The minimum Gasteiger partial charge on any atom is -0.456 e. The van der Waals surface area contributed by atoms with Crippen molar-refractivity contribution in [1.82, 2.24) is 15.0 Å². The van der Waals surface area contributed by atoms with Crippen LogP contribution in [-0.2, 0) is 0 Å². The van der Waals surface area contributed by atoms with Crippen molar-refractivity contribution in [3.05, 3.63) is 188 Å². The smallest absolute Gasteiger partial charge is 0.164 e. The summed E-state index contributed by atoms with van der Waals surface area (Å²) in [6, 6.07) is 65.3. The van der Waals surface area contributed by atoms with Gasteiger partial charge in [0.1, 0.15) is 11.2 Å². The van der Waals surface area contributed by atoms with Gasteiger partial charge in [-0.15, -0.1) is 0 Å². The number of aromatic nitrogens is 3. The van der Waals surface area contributed by atoms with Gasteiger partial charge in [0.2, 0.25) is 0 Å². The average Bonchev–Trinajstić information content (AvgIpc) is 3.61. The summed E-state index contributed by atoms with van der Waals surface area (Å²) in [7, 11) is 0. The predicted molar refractivity (Wildman–Crippen MR) is 217 cm³/mol. The number of fused-ring (bicyclic) bond motifs is 4. The van der Waals surface area contributed by atoms with Gasteiger partial charge in [0.05, 0.1) is 0 Å². The molecule has 0 aliphatic carbocycles. The Hall–Kier alpha value is -7.17. The summed E-state index contributed by atoms with van der Waals surface area (Å²) in [6.07, 6.45) is 0. The average molecular weight is 678 g/mol. The molecule has 53 heavy (non-hydrogen) atoms. The maximum Gasteiger partial charge on any atom is 0.164 e. The Kier molecular flexibility index (Phi) is 7.43. The van der Waals surface area contributed by atoms with Crippen LogP contribution in [0.4, 0.5) is 0 Å². The maximum atomic E-state index is 6.48. The molecule has 10 rings (SSSR count). The van der Waals surface area contributed by atoms with Crippen molar-refractivity contribution < 1.29 is 4.42 Å². The Balaban J connectivity index is 1.12. The third-order valence-electron chi connectivity index (χ3n) is 9.90. The van der Waals surface area contributed by atoms with E-state index >= 15 is 0 Å². The fourth-order valence-electron chi connectivity index (χ4n) is 7.26. The molecule has 4 heteroatoms. The van der Waals surface area contributed by atoms with Crippen LogP contribution >= 0.6 is 0 Å². The highest BCUT2D eigenvalue weighted by Crippen LogP contribution is 2.38. The monoisotopic (exact) mass is 677 g/mol. The van der Waals surface area contributed by atoms with Crippen LogP contribution in [0.15, 0.2) is 192 Å². The first-order valence-electron chi connectivity index (χ1n) is 17.8. The topological polar surface area (TPSA) is 51.8 Å². The number of nitrogens with zero attached hydrogens (tertiary/aromatic N) is 3. The van der Waals surface area contributed by atoms with Gasteiger partial charge in [0.25, 0.3) is 0 Å². The zero-order valence-corrected chi connectivity index (χ0v) is 28.6. The minimum absolute atomic E-state index is 0.582. The lowest BCUT2D eigenvalue weighted by Gasteiger charge is -2.12. The summed E-state index contributed by atoms with van der Waals surface area (Å²) in [6.45, 7) is 0. The second-order valence-electron chi connectivity index (χ2n) is 13.3. The van der Waals surface area contributed by atoms with Gasteiger partial charge in [-0.1, -0.05) is 146 Å². The standard InChI is InChI=1S/C49H31N3O/c1-4-13-32(14-5-1)38-27-39(33-15-6-2-7-16-33)29-40(28-38)49-51-47(35-18-8-3-9-19-35)50-48(52-49)37-23-25-43-44-30-36(24-26-45(44)53-46(43)31-37)42-22-12-20-34-17-10-11-21-41(34)42/h1-31H. The van der Waals surface area contributed by atoms with Crippen molar-refractivity contribution in [3.63, 3.8) is 0 Å². The van der Waals surface area contributed by atoms with Gasteiger partial charge in [0.15, 0.2) is 17.5 Å². The van der Waals surface area contributed by atoms with Gasteiger partial charge in [-0.3, -0.25) is 0 Å². The van der Waals surface area contributed by atoms with Crippen molar-refractivity contribution in [2.75, 3.05) is 0 Å². The molecule has 0 amide bonds. The van der Waals surface area contributed by atoms with Gasteiger partial charge in [-0.25, -0.2) is 15.0 Å². The van der Waals surface area contributed by atoms with E-state index in [4.69, 9.17) is 19.4 Å². The molecule has 8 aromatic carbocycles. The molecule has 2 heterocycles. The first-order valence-corrected chi connectivity index (χ1v) is 17.8. The van der Waals surface area contributed by atoms with Crippen LogP contribution in [0.3, 0.4) is 0 Å². The Morgan fingerprint density at radius 2 is 0.830 bits per heavy atom. The van der Waals surface area contributed by atoms with Crippen LogP contribution in [0.25, 0.3) is 100 Å². The third kappa shape index (κ3) is 5.73. The molecular formula is C49H31N3O. The fraction of sp³-hybridized carbons (Fsp3) is 0. The van der Waals surface area contributed by atoms with Crippen molar-refractivity contribution >= 4 is 32.7 Å². The van der Waals surface area contributed by atoms with Crippen LogP contribution in [0.1, 0.15) is 0 Å².